The molecule has 1 amide bonds. The number of fused-ring (bicyclic) bond motifs is 1. The van der Waals surface area contributed by atoms with Gasteiger partial charge in [-0.3, -0.25) is 4.79 Å². The van der Waals surface area contributed by atoms with E-state index in [9.17, 15) is 4.79 Å². The Bertz CT molecular complexity index is 880. The molecule has 2 N–H and O–H groups in total. The number of nitrogen functional groups attached to an aromatic ring is 1. The van der Waals surface area contributed by atoms with Crippen LogP contribution in [0.3, 0.4) is 0 Å². The van der Waals surface area contributed by atoms with E-state index >= 15 is 0 Å². The largest absolute Gasteiger partial charge is 0.481 e. The van der Waals surface area contributed by atoms with Crippen molar-refractivity contribution in [3.63, 3.8) is 0 Å². The third-order valence-electron chi connectivity index (χ3n) is 3.90. The summed E-state index contributed by atoms with van der Waals surface area (Å²) < 4.78 is 5.82. The van der Waals surface area contributed by atoms with Gasteiger partial charge in [0, 0.05) is 31.5 Å². The van der Waals surface area contributed by atoms with Gasteiger partial charge < -0.3 is 15.4 Å². The van der Waals surface area contributed by atoms with Gasteiger partial charge in [0.15, 0.2) is 6.10 Å². The van der Waals surface area contributed by atoms with Crippen LogP contribution in [0.4, 0.5) is 5.95 Å². The highest BCUT2D eigenvalue weighted by atomic mass is 16.5. The fraction of sp³-hybridized carbons (Fsp3) is 0.211. The van der Waals surface area contributed by atoms with Crippen LogP contribution in [-0.4, -0.2) is 33.9 Å². The zero-order valence-electron chi connectivity index (χ0n) is 14.2. The summed E-state index contributed by atoms with van der Waals surface area (Å²) in [6, 6.07) is 13.8. The Balaban J connectivity index is 1.65. The number of carbonyl (C=O) groups excluding carboxylic acids is 1. The molecule has 0 saturated heterocycles. The van der Waals surface area contributed by atoms with Crippen molar-refractivity contribution in [3.05, 3.63) is 60.4 Å². The number of hydrogen-bond acceptors (Lipinski definition) is 5. The number of anilines is 1. The van der Waals surface area contributed by atoms with Gasteiger partial charge >= 0.3 is 0 Å². The number of aromatic nitrogens is 2. The van der Waals surface area contributed by atoms with Crippen LogP contribution in [0.25, 0.3) is 10.8 Å². The van der Waals surface area contributed by atoms with E-state index in [0.29, 0.717) is 12.3 Å². The topological polar surface area (TPSA) is 81.3 Å². The zero-order chi connectivity index (χ0) is 17.8. The van der Waals surface area contributed by atoms with Gasteiger partial charge in [-0.25, -0.2) is 9.97 Å². The van der Waals surface area contributed by atoms with Crippen molar-refractivity contribution < 1.29 is 9.53 Å². The molecular formula is C19H20N4O2. The number of nitrogens with zero attached hydrogens (tertiary/aromatic N) is 3. The molecule has 2 aromatic carbocycles. The first-order chi connectivity index (χ1) is 12.0. The van der Waals surface area contributed by atoms with Crippen molar-refractivity contribution in [1.29, 1.82) is 0 Å². The van der Waals surface area contributed by atoms with E-state index in [2.05, 4.69) is 9.97 Å². The SMILES string of the molecule is CC(Oc1ccc2ccccc2c1)C(=O)N(C)Cc1cnc(N)nc1. The summed E-state index contributed by atoms with van der Waals surface area (Å²) in [5, 5.41) is 2.21. The summed E-state index contributed by atoms with van der Waals surface area (Å²) in [5.41, 5.74) is 6.28. The van der Waals surface area contributed by atoms with E-state index in [1.54, 1.807) is 31.3 Å². The first kappa shape index (κ1) is 16.7. The lowest BCUT2D eigenvalue weighted by Gasteiger charge is -2.22. The molecular weight excluding hydrogens is 316 g/mol. The lowest BCUT2D eigenvalue weighted by Crippen LogP contribution is -2.37. The molecule has 0 saturated carbocycles. The van der Waals surface area contributed by atoms with E-state index in [1.807, 2.05) is 42.5 Å². The summed E-state index contributed by atoms with van der Waals surface area (Å²) in [7, 11) is 1.72. The second kappa shape index (κ2) is 7.17. The molecule has 25 heavy (non-hydrogen) atoms. The molecule has 0 aliphatic carbocycles. The van der Waals surface area contributed by atoms with Gasteiger partial charge in [-0.15, -0.1) is 0 Å². The van der Waals surface area contributed by atoms with Crippen LogP contribution < -0.4 is 10.5 Å². The monoisotopic (exact) mass is 336 g/mol. The van der Waals surface area contributed by atoms with Crippen LogP contribution in [0, 0.1) is 0 Å². The third-order valence-corrected chi connectivity index (χ3v) is 3.90. The molecule has 0 aliphatic rings. The van der Waals surface area contributed by atoms with Gasteiger partial charge in [-0.2, -0.15) is 0 Å². The standard InChI is InChI=1S/C19H20N4O2/c1-13(18(24)23(2)12-14-10-21-19(20)22-11-14)25-17-8-7-15-5-3-4-6-16(15)9-17/h3-11,13H,12H2,1-2H3,(H2,20,21,22). The van der Waals surface area contributed by atoms with Gasteiger partial charge in [0.25, 0.3) is 5.91 Å². The predicted molar refractivity (Wildman–Crippen MR) is 97.0 cm³/mol. The van der Waals surface area contributed by atoms with Crippen molar-refractivity contribution in [2.75, 3.05) is 12.8 Å². The Morgan fingerprint density at radius 1 is 1.16 bits per heavy atom. The van der Waals surface area contributed by atoms with Crippen LogP contribution in [0.15, 0.2) is 54.9 Å². The van der Waals surface area contributed by atoms with E-state index in [-0.39, 0.29) is 11.9 Å². The second-order valence-corrected chi connectivity index (χ2v) is 5.91. The highest BCUT2D eigenvalue weighted by Crippen LogP contribution is 2.21. The highest BCUT2D eigenvalue weighted by molar-refractivity contribution is 5.84. The number of carbonyl (C=O) groups is 1. The van der Waals surface area contributed by atoms with Crippen LogP contribution in [0.1, 0.15) is 12.5 Å². The number of likely N-dealkylation sites (N-methyl/N-ethyl adjacent to an activating group) is 1. The quantitative estimate of drug-likeness (QED) is 0.774. The second-order valence-electron chi connectivity index (χ2n) is 5.91. The Morgan fingerprint density at radius 3 is 2.56 bits per heavy atom. The molecule has 6 nitrogen and oxygen atoms in total. The minimum absolute atomic E-state index is 0.120. The summed E-state index contributed by atoms with van der Waals surface area (Å²) in [4.78, 5) is 22.0. The van der Waals surface area contributed by atoms with Crippen molar-refractivity contribution in [2.45, 2.75) is 19.6 Å². The lowest BCUT2D eigenvalue weighted by molar-refractivity contribution is -0.137. The minimum atomic E-state index is -0.596. The van der Waals surface area contributed by atoms with Crippen molar-refractivity contribution in [1.82, 2.24) is 14.9 Å². The number of rotatable bonds is 5. The smallest absolute Gasteiger partial charge is 0.263 e. The molecule has 0 aliphatic heterocycles. The van der Waals surface area contributed by atoms with Crippen LogP contribution in [0.5, 0.6) is 5.75 Å². The highest BCUT2D eigenvalue weighted by Gasteiger charge is 2.19. The Hall–Kier alpha value is -3.15. The molecule has 6 heteroatoms. The molecule has 1 aromatic heterocycles. The van der Waals surface area contributed by atoms with Crippen molar-refractivity contribution in [3.8, 4) is 5.75 Å². The van der Waals surface area contributed by atoms with Gasteiger partial charge in [0.1, 0.15) is 5.75 Å². The van der Waals surface area contributed by atoms with Crippen molar-refractivity contribution >= 4 is 22.6 Å². The Morgan fingerprint density at radius 2 is 1.84 bits per heavy atom. The average Bonchev–Trinajstić information content (AvgIpc) is 2.62. The van der Waals surface area contributed by atoms with E-state index in [1.165, 1.54) is 0 Å². The van der Waals surface area contributed by atoms with Crippen LogP contribution in [0.2, 0.25) is 0 Å². The van der Waals surface area contributed by atoms with Crippen molar-refractivity contribution in [2.24, 2.45) is 0 Å². The molecule has 0 fully saturated rings. The van der Waals surface area contributed by atoms with Gasteiger partial charge in [0.2, 0.25) is 5.95 Å². The summed E-state index contributed by atoms with van der Waals surface area (Å²) in [6.45, 7) is 2.14. The summed E-state index contributed by atoms with van der Waals surface area (Å²) in [5.74, 6) is 0.763. The zero-order valence-corrected chi connectivity index (χ0v) is 14.2. The first-order valence-electron chi connectivity index (χ1n) is 8.00. The maximum Gasteiger partial charge on any atom is 0.263 e. The Labute approximate surface area is 146 Å². The fourth-order valence-corrected chi connectivity index (χ4v) is 2.60. The maximum atomic E-state index is 12.5. The molecule has 0 bridgehead atoms. The minimum Gasteiger partial charge on any atom is -0.481 e. The molecule has 1 atom stereocenters. The molecule has 1 unspecified atom stereocenters. The molecule has 1 heterocycles. The lowest BCUT2D eigenvalue weighted by atomic mass is 10.1. The molecule has 3 aromatic rings. The average molecular weight is 336 g/mol. The molecule has 0 radical (unpaired) electrons. The molecule has 3 rings (SSSR count). The fourth-order valence-electron chi connectivity index (χ4n) is 2.60. The number of amides is 1. The number of benzene rings is 2. The first-order valence-corrected chi connectivity index (χ1v) is 8.00. The third kappa shape index (κ3) is 4.03. The van der Waals surface area contributed by atoms with E-state index in [4.69, 9.17) is 10.5 Å². The van der Waals surface area contributed by atoms with Gasteiger partial charge in [-0.1, -0.05) is 30.3 Å². The number of ether oxygens (including phenoxy) is 1. The summed E-state index contributed by atoms with van der Waals surface area (Å²) in [6.07, 6.45) is 2.63. The van der Waals surface area contributed by atoms with Gasteiger partial charge in [0.05, 0.1) is 0 Å². The summed E-state index contributed by atoms with van der Waals surface area (Å²) >= 11 is 0. The number of nitrogens with two attached hydrogens (primary N) is 1. The molecule has 0 spiro atoms. The van der Waals surface area contributed by atoms with Crippen LogP contribution in [-0.2, 0) is 11.3 Å². The van der Waals surface area contributed by atoms with E-state index in [0.717, 1.165) is 16.3 Å². The normalized spacial score (nSPS) is 11.9. The molecule has 128 valence electrons. The predicted octanol–water partition coefficient (Wildman–Crippen LogP) is 2.64. The van der Waals surface area contributed by atoms with Gasteiger partial charge in [-0.05, 0) is 29.8 Å². The van der Waals surface area contributed by atoms with E-state index < -0.39 is 6.10 Å². The number of hydrogen-bond donors (Lipinski definition) is 1. The van der Waals surface area contributed by atoms with Crippen LogP contribution >= 0.6 is 0 Å². The Kier molecular flexibility index (Phi) is 4.79. The maximum absolute atomic E-state index is 12.5.